The summed E-state index contributed by atoms with van der Waals surface area (Å²) < 4.78 is 6.05. The molecular formula is C29H30N4O2. The van der Waals surface area contributed by atoms with Crippen LogP contribution >= 0.6 is 0 Å². The van der Waals surface area contributed by atoms with Gasteiger partial charge in [0, 0.05) is 60.8 Å². The number of rotatable bonds is 4. The van der Waals surface area contributed by atoms with E-state index in [9.17, 15) is 4.79 Å². The summed E-state index contributed by atoms with van der Waals surface area (Å²) in [5, 5.41) is 4.35. The lowest BCUT2D eigenvalue weighted by Crippen LogP contribution is -2.44. The fourth-order valence-electron chi connectivity index (χ4n) is 5.40. The maximum Gasteiger partial charge on any atom is 0.317 e. The number of fused-ring (bicyclic) bond motifs is 4. The van der Waals surface area contributed by atoms with E-state index in [2.05, 4.69) is 53.6 Å². The van der Waals surface area contributed by atoms with Gasteiger partial charge >= 0.3 is 6.03 Å². The van der Waals surface area contributed by atoms with E-state index in [0.717, 1.165) is 41.7 Å². The molecule has 6 nitrogen and oxygen atoms in total. The number of benzene rings is 2. The van der Waals surface area contributed by atoms with Crippen LogP contribution in [-0.4, -0.2) is 40.1 Å². The highest BCUT2D eigenvalue weighted by Crippen LogP contribution is 2.35. The first-order valence-corrected chi connectivity index (χ1v) is 12.5. The quantitative estimate of drug-likeness (QED) is 0.445. The second-order valence-electron chi connectivity index (χ2n) is 9.55. The molecule has 4 heterocycles. The fraction of sp³-hybridized carbons (Fsp3) is 0.310. The number of aromatic nitrogens is 2. The van der Waals surface area contributed by atoms with E-state index in [4.69, 9.17) is 9.72 Å². The molecule has 0 fully saturated rings. The maximum atomic E-state index is 13.1. The molecule has 6 rings (SSSR count). The third kappa shape index (κ3) is 4.19. The lowest BCUT2D eigenvalue weighted by atomic mass is 9.88. The zero-order chi connectivity index (χ0) is 23.8. The van der Waals surface area contributed by atoms with Crippen molar-refractivity contribution in [2.24, 2.45) is 0 Å². The Bertz CT molecular complexity index is 1380. The number of para-hydroxylation sites is 1. The van der Waals surface area contributed by atoms with Crippen molar-refractivity contribution in [1.82, 2.24) is 20.2 Å². The van der Waals surface area contributed by atoms with Crippen molar-refractivity contribution in [3.05, 3.63) is 88.7 Å². The van der Waals surface area contributed by atoms with Gasteiger partial charge in [-0.05, 0) is 41.7 Å². The zero-order valence-electron chi connectivity index (χ0n) is 20.0. The molecule has 0 radical (unpaired) electrons. The Morgan fingerprint density at radius 3 is 2.83 bits per heavy atom. The lowest BCUT2D eigenvalue weighted by molar-refractivity contribution is 0.0399. The van der Waals surface area contributed by atoms with Gasteiger partial charge in [0.2, 0.25) is 0 Å². The highest BCUT2D eigenvalue weighted by molar-refractivity contribution is 5.83. The number of amides is 2. The molecule has 2 aromatic heterocycles. The Kier molecular flexibility index (Phi) is 5.74. The van der Waals surface area contributed by atoms with Gasteiger partial charge in [0.25, 0.3) is 0 Å². The Balaban J connectivity index is 1.20. The van der Waals surface area contributed by atoms with Crippen LogP contribution in [0.2, 0.25) is 0 Å². The minimum absolute atomic E-state index is 0.0125. The van der Waals surface area contributed by atoms with Gasteiger partial charge < -0.3 is 19.9 Å². The molecule has 2 aliphatic heterocycles. The summed E-state index contributed by atoms with van der Waals surface area (Å²) in [6, 6.07) is 18.7. The number of ether oxygens (including phenoxy) is 1. The third-order valence-corrected chi connectivity index (χ3v) is 7.26. The molecule has 178 valence electrons. The molecule has 2 aromatic carbocycles. The minimum atomic E-state index is -0.0125. The molecule has 35 heavy (non-hydrogen) atoms. The molecular weight excluding hydrogens is 436 g/mol. The van der Waals surface area contributed by atoms with Gasteiger partial charge in [0.1, 0.15) is 0 Å². The molecule has 2 N–H and O–H groups in total. The first-order valence-electron chi connectivity index (χ1n) is 12.5. The summed E-state index contributed by atoms with van der Waals surface area (Å²) >= 11 is 0. The average Bonchev–Trinajstić information content (AvgIpc) is 3.31. The molecule has 0 saturated carbocycles. The van der Waals surface area contributed by atoms with E-state index in [1.807, 2.05) is 29.3 Å². The highest BCUT2D eigenvalue weighted by Gasteiger charge is 2.30. The number of urea groups is 1. The topological polar surface area (TPSA) is 70.2 Å². The second-order valence-corrected chi connectivity index (χ2v) is 9.55. The first kappa shape index (κ1) is 21.9. The number of nitrogens with zero attached hydrogens (tertiary/aromatic N) is 2. The summed E-state index contributed by atoms with van der Waals surface area (Å²) in [5.74, 6) is 0. The monoisotopic (exact) mass is 466 g/mol. The minimum Gasteiger partial charge on any atom is -0.373 e. The maximum absolute atomic E-state index is 13.1. The summed E-state index contributed by atoms with van der Waals surface area (Å²) in [6.07, 6.45) is 4.60. The van der Waals surface area contributed by atoms with Crippen LogP contribution in [0.1, 0.15) is 34.9 Å². The molecule has 2 amide bonds. The van der Waals surface area contributed by atoms with E-state index < -0.39 is 0 Å². The van der Waals surface area contributed by atoms with E-state index in [-0.39, 0.29) is 12.1 Å². The number of H-pyrrole nitrogens is 1. The van der Waals surface area contributed by atoms with Crippen molar-refractivity contribution in [2.75, 3.05) is 13.1 Å². The van der Waals surface area contributed by atoms with Crippen LogP contribution in [0.5, 0.6) is 0 Å². The Morgan fingerprint density at radius 1 is 1.11 bits per heavy atom. The SMILES string of the molecule is C[C@H]1Cc2c(-c3ccccc3)nc3c(c2CO1)CN(C(=O)NCCc1c[nH]c2ccccc12)CC3. The summed E-state index contributed by atoms with van der Waals surface area (Å²) in [7, 11) is 0. The van der Waals surface area contributed by atoms with Crippen molar-refractivity contribution >= 4 is 16.9 Å². The number of aromatic amines is 1. The number of nitrogens with one attached hydrogen (secondary N) is 2. The van der Waals surface area contributed by atoms with Crippen LogP contribution in [0.3, 0.4) is 0 Å². The van der Waals surface area contributed by atoms with Crippen LogP contribution in [0.15, 0.2) is 60.8 Å². The molecule has 4 aromatic rings. The number of carbonyl (C=O) groups excluding carboxylic acids is 1. The smallest absolute Gasteiger partial charge is 0.317 e. The van der Waals surface area contributed by atoms with Crippen LogP contribution in [0.4, 0.5) is 4.79 Å². The normalized spacial score (nSPS) is 17.2. The molecule has 6 heteroatoms. The predicted octanol–water partition coefficient (Wildman–Crippen LogP) is 5.00. The Morgan fingerprint density at radius 2 is 1.94 bits per heavy atom. The van der Waals surface area contributed by atoms with Crippen LogP contribution in [0.25, 0.3) is 22.2 Å². The molecule has 1 atom stereocenters. The van der Waals surface area contributed by atoms with Crippen molar-refractivity contribution in [2.45, 2.75) is 45.4 Å². The van der Waals surface area contributed by atoms with Crippen molar-refractivity contribution < 1.29 is 9.53 Å². The van der Waals surface area contributed by atoms with Gasteiger partial charge in [-0.1, -0.05) is 48.5 Å². The van der Waals surface area contributed by atoms with Crippen LogP contribution in [-0.2, 0) is 37.2 Å². The van der Waals surface area contributed by atoms with E-state index >= 15 is 0 Å². The molecule has 0 spiro atoms. The molecule has 0 unspecified atom stereocenters. The predicted molar refractivity (Wildman–Crippen MR) is 137 cm³/mol. The van der Waals surface area contributed by atoms with Crippen molar-refractivity contribution in [3.63, 3.8) is 0 Å². The number of pyridine rings is 1. The number of hydrogen-bond donors (Lipinski definition) is 2. The van der Waals surface area contributed by atoms with Crippen molar-refractivity contribution in [1.29, 1.82) is 0 Å². The molecule has 0 aliphatic carbocycles. The van der Waals surface area contributed by atoms with Gasteiger partial charge in [-0.3, -0.25) is 4.98 Å². The standard InChI is InChI=1S/C29H30N4O2/c1-19-15-23-25(18-35-19)24-17-33(14-12-27(24)32-28(23)20-7-3-2-4-8-20)29(34)30-13-11-21-16-31-26-10-6-5-9-22(21)26/h2-10,16,19,31H,11-15,17-18H2,1H3,(H,30,34)/t19-/m0/s1. The average molecular weight is 467 g/mol. The summed E-state index contributed by atoms with van der Waals surface area (Å²) in [4.78, 5) is 23.4. The van der Waals surface area contributed by atoms with Gasteiger partial charge in [-0.15, -0.1) is 0 Å². The van der Waals surface area contributed by atoms with E-state index in [0.29, 0.717) is 26.2 Å². The van der Waals surface area contributed by atoms with Crippen LogP contribution < -0.4 is 5.32 Å². The van der Waals surface area contributed by atoms with E-state index in [1.54, 1.807) is 0 Å². The van der Waals surface area contributed by atoms with Crippen LogP contribution in [0, 0.1) is 0 Å². The first-order chi connectivity index (χ1) is 17.2. The summed E-state index contributed by atoms with van der Waals surface area (Å²) in [6.45, 7) is 4.55. The highest BCUT2D eigenvalue weighted by atomic mass is 16.5. The molecule has 2 aliphatic rings. The second kappa shape index (κ2) is 9.19. The Hall–Kier alpha value is -3.64. The number of carbonyl (C=O) groups is 1. The molecule has 0 bridgehead atoms. The third-order valence-electron chi connectivity index (χ3n) is 7.26. The van der Waals surface area contributed by atoms with Gasteiger partial charge in [0.05, 0.1) is 18.4 Å². The van der Waals surface area contributed by atoms with Gasteiger partial charge in [-0.2, -0.15) is 0 Å². The Labute approximate surface area is 205 Å². The summed E-state index contributed by atoms with van der Waals surface area (Å²) in [5.41, 5.74) is 9.35. The zero-order valence-corrected chi connectivity index (χ0v) is 20.0. The van der Waals surface area contributed by atoms with Gasteiger partial charge in [-0.25, -0.2) is 4.79 Å². The fourth-order valence-corrected chi connectivity index (χ4v) is 5.40. The lowest BCUT2D eigenvalue weighted by Gasteiger charge is -2.34. The van der Waals surface area contributed by atoms with Crippen molar-refractivity contribution in [3.8, 4) is 11.3 Å². The van der Waals surface area contributed by atoms with Gasteiger partial charge in [0.15, 0.2) is 0 Å². The molecule has 0 saturated heterocycles. The largest absolute Gasteiger partial charge is 0.373 e. The van der Waals surface area contributed by atoms with E-state index in [1.165, 1.54) is 27.6 Å². The number of hydrogen-bond acceptors (Lipinski definition) is 3.